The van der Waals surface area contributed by atoms with E-state index in [0.717, 1.165) is 12.8 Å². The summed E-state index contributed by atoms with van der Waals surface area (Å²) < 4.78 is 0. The van der Waals surface area contributed by atoms with Gasteiger partial charge >= 0.3 is 0 Å². The number of rotatable bonds is 2. The van der Waals surface area contributed by atoms with Crippen LogP contribution in [0.3, 0.4) is 0 Å². The van der Waals surface area contributed by atoms with Gasteiger partial charge in [0.2, 0.25) is 0 Å². The Morgan fingerprint density at radius 1 is 1.42 bits per heavy atom. The van der Waals surface area contributed by atoms with Crippen LogP contribution < -0.4 is 5.32 Å². The number of nitrogens with one attached hydrogen (secondary N) is 1. The molecule has 2 N–H and O–H groups in total. The lowest BCUT2D eigenvalue weighted by molar-refractivity contribution is 0.0937. The summed E-state index contributed by atoms with van der Waals surface area (Å²) in [5.74, 6) is 6.02. The SMILES string of the molecule is CC1CCC(NC(=O)c2ccccc2C#CCO)C1. The van der Waals surface area contributed by atoms with E-state index >= 15 is 0 Å². The predicted octanol–water partition coefficient (Wildman–Crippen LogP) is 1.95. The van der Waals surface area contributed by atoms with Crippen molar-refractivity contribution in [2.24, 2.45) is 5.92 Å². The Kier molecular flexibility index (Phi) is 4.59. The van der Waals surface area contributed by atoms with Gasteiger partial charge in [0.1, 0.15) is 6.61 Å². The Labute approximate surface area is 114 Å². The number of amides is 1. The first-order valence-corrected chi connectivity index (χ1v) is 6.70. The van der Waals surface area contributed by atoms with Crippen molar-refractivity contribution in [3.63, 3.8) is 0 Å². The number of carbonyl (C=O) groups is 1. The smallest absolute Gasteiger partial charge is 0.252 e. The molecule has 2 atom stereocenters. The van der Waals surface area contributed by atoms with Crippen LogP contribution >= 0.6 is 0 Å². The minimum atomic E-state index is -0.198. The third-order valence-corrected chi connectivity index (χ3v) is 3.50. The summed E-state index contributed by atoms with van der Waals surface area (Å²) in [6.07, 6.45) is 3.28. The van der Waals surface area contributed by atoms with Gasteiger partial charge in [-0.1, -0.05) is 30.9 Å². The van der Waals surface area contributed by atoms with Gasteiger partial charge in [0.05, 0.1) is 5.56 Å². The second kappa shape index (κ2) is 6.40. The van der Waals surface area contributed by atoms with Gasteiger partial charge in [-0.15, -0.1) is 0 Å². The van der Waals surface area contributed by atoms with E-state index in [4.69, 9.17) is 5.11 Å². The number of aliphatic hydroxyl groups excluding tert-OH is 1. The monoisotopic (exact) mass is 257 g/mol. The molecular weight excluding hydrogens is 238 g/mol. The maximum absolute atomic E-state index is 12.2. The molecule has 0 aliphatic heterocycles. The van der Waals surface area contributed by atoms with E-state index in [-0.39, 0.29) is 18.6 Å². The molecule has 0 radical (unpaired) electrons. The maximum atomic E-state index is 12.2. The molecule has 100 valence electrons. The molecule has 2 rings (SSSR count). The Hall–Kier alpha value is -1.79. The van der Waals surface area contributed by atoms with Gasteiger partial charge < -0.3 is 10.4 Å². The highest BCUT2D eigenvalue weighted by atomic mass is 16.2. The lowest BCUT2D eigenvalue weighted by atomic mass is 10.1. The maximum Gasteiger partial charge on any atom is 0.252 e. The highest BCUT2D eigenvalue weighted by molar-refractivity contribution is 5.96. The minimum Gasteiger partial charge on any atom is -0.384 e. The molecule has 3 heteroatoms. The van der Waals surface area contributed by atoms with Crippen LogP contribution in [0.1, 0.15) is 42.1 Å². The summed E-state index contributed by atoms with van der Waals surface area (Å²) in [5.41, 5.74) is 1.25. The zero-order valence-electron chi connectivity index (χ0n) is 11.1. The molecule has 3 nitrogen and oxygen atoms in total. The zero-order valence-corrected chi connectivity index (χ0v) is 11.1. The van der Waals surface area contributed by atoms with Gasteiger partial charge in [-0.05, 0) is 37.3 Å². The second-order valence-electron chi connectivity index (χ2n) is 5.09. The van der Waals surface area contributed by atoms with E-state index in [1.807, 2.05) is 12.1 Å². The van der Waals surface area contributed by atoms with Gasteiger partial charge in [-0.2, -0.15) is 0 Å². The summed E-state index contributed by atoms with van der Waals surface area (Å²) in [4.78, 5) is 12.2. The molecule has 0 heterocycles. The lowest BCUT2D eigenvalue weighted by Crippen LogP contribution is -2.33. The van der Waals surface area contributed by atoms with E-state index in [1.54, 1.807) is 12.1 Å². The third kappa shape index (κ3) is 3.59. The first-order valence-electron chi connectivity index (χ1n) is 6.70. The van der Waals surface area contributed by atoms with Crippen LogP contribution in [0.25, 0.3) is 0 Å². The molecule has 1 aliphatic rings. The Morgan fingerprint density at radius 3 is 2.89 bits per heavy atom. The number of benzene rings is 1. The Balaban J connectivity index is 2.10. The number of carbonyl (C=O) groups excluding carboxylic acids is 1. The molecule has 1 aromatic carbocycles. The number of hydrogen-bond donors (Lipinski definition) is 2. The molecule has 1 aliphatic carbocycles. The summed E-state index contributed by atoms with van der Waals surface area (Å²) in [5, 5.41) is 11.8. The highest BCUT2D eigenvalue weighted by Gasteiger charge is 2.23. The first-order chi connectivity index (χ1) is 9.20. The van der Waals surface area contributed by atoms with Crippen molar-refractivity contribution in [2.75, 3.05) is 6.61 Å². The van der Waals surface area contributed by atoms with E-state index < -0.39 is 0 Å². The van der Waals surface area contributed by atoms with Crippen molar-refractivity contribution < 1.29 is 9.90 Å². The molecule has 0 bridgehead atoms. The van der Waals surface area contributed by atoms with Crippen LogP contribution in [0.15, 0.2) is 24.3 Å². The summed E-state index contributed by atoms with van der Waals surface area (Å²) in [7, 11) is 0. The molecule has 1 amide bonds. The standard InChI is InChI=1S/C16H19NO2/c1-12-8-9-14(11-12)17-16(19)15-7-3-2-5-13(15)6-4-10-18/h2-3,5,7,12,14,18H,8-11H2,1H3,(H,17,19). The molecule has 1 fully saturated rings. The van der Waals surface area contributed by atoms with Crippen LogP contribution in [0.2, 0.25) is 0 Å². The Bertz CT molecular complexity index is 513. The third-order valence-electron chi connectivity index (χ3n) is 3.50. The van der Waals surface area contributed by atoms with Crippen molar-refractivity contribution in [3.05, 3.63) is 35.4 Å². The molecule has 2 unspecified atom stereocenters. The van der Waals surface area contributed by atoms with Crippen LogP contribution in [0.4, 0.5) is 0 Å². The lowest BCUT2D eigenvalue weighted by Gasteiger charge is -2.13. The summed E-state index contributed by atoms with van der Waals surface area (Å²) in [6, 6.07) is 7.53. The van der Waals surface area contributed by atoms with Crippen molar-refractivity contribution in [1.29, 1.82) is 0 Å². The van der Waals surface area contributed by atoms with E-state index in [2.05, 4.69) is 24.1 Å². The Morgan fingerprint density at radius 2 is 2.21 bits per heavy atom. The average Bonchev–Trinajstić information content (AvgIpc) is 2.82. The number of aliphatic hydroxyl groups is 1. The van der Waals surface area contributed by atoms with E-state index in [1.165, 1.54) is 6.42 Å². The topological polar surface area (TPSA) is 49.3 Å². The summed E-state index contributed by atoms with van der Waals surface area (Å²) in [6.45, 7) is 2.02. The van der Waals surface area contributed by atoms with Crippen molar-refractivity contribution in [1.82, 2.24) is 5.32 Å². The molecular formula is C16H19NO2. The largest absolute Gasteiger partial charge is 0.384 e. The van der Waals surface area contributed by atoms with Crippen molar-refractivity contribution >= 4 is 5.91 Å². The first kappa shape index (κ1) is 13.6. The normalized spacial score (nSPS) is 21.6. The van der Waals surface area contributed by atoms with Gasteiger partial charge in [-0.25, -0.2) is 0 Å². The van der Waals surface area contributed by atoms with Crippen LogP contribution in [0, 0.1) is 17.8 Å². The van der Waals surface area contributed by atoms with Crippen molar-refractivity contribution in [2.45, 2.75) is 32.2 Å². The van der Waals surface area contributed by atoms with Gasteiger partial charge in [0, 0.05) is 11.6 Å². The van der Waals surface area contributed by atoms with Gasteiger partial charge in [0.15, 0.2) is 0 Å². The van der Waals surface area contributed by atoms with Crippen LogP contribution in [-0.2, 0) is 0 Å². The molecule has 19 heavy (non-hydrogen) atoms. The molecule has 1 saturated carbocycles. The minimum absolute atomic E-state index is 0.0676. The average molecular weight is 257 g/mol. The van der Waals surface area contributed by atoms with Crippen molar-refractivity contribution in [3.8, 4) is 11.8 Å². The summed E-state index contributed by atoms with van der Waals surface area (Å²) >= 11 is 0. The van der Waals surface area contributed by atoms with Gasteiger partial charge in [0.25, 0.3) is 5.91 Å². The van der Waals surface area contributed by atoms with E-state index in [9.17, 15) is 4.79 Å². The highest BCUT2D eigenvalue weighted by Crippen LogP contribution is 2.25. The molecule has 0 spiro atoms. The predicted molar refractivity (Wildman–Crippen MR) is 74.7 cm³/mol. The fourth-order valence-corrected chi connectivity index (χ4v) is 2.53. The van der Waals surface area contributed by atoms with Crippen LogP contribution in [-0.4, -0.2) is 23.7 Å². The fourth-order valence-electron chi connectivity index (χ4n) is 2.53. The van der Waals surface area contributed by atoms with Gasteiger partial charge in [-0.3, -0.25) is 4.79 Å². The molecule has 0 saturated heterocycles. The fraction of sp³-hybridized carbons (Fsp3) is 0.438. The zero-order chi connectivity index (χ0) is 13.7. The molecule has 1 aromatic rings. The second-order valence-corrected chi connectivity index (χ2v) is 5.09. The van der Waals surface area contributed by atoms with E-state index in [0.29, 0.717) is 17.0 Å². The quantitative estimate of drug-likeness (QED) is 0.796. The van der Waals surface area contributed by atoms with Crippen LogP contribution in [0.5, 0.6) is 0 Å². The number of hydrogen-bond acceptors (Lipinski definition) is 2. The molecule has 0 aromatic heterocycles.